The Morgan fingerprint density at radius 3 is 2.43 bits per heavy atom. The van der Waals surface area contributed by atoms with E-state index in [1.807, 2.05) is 18.2 Å². The minimum Gasteiger partial charge on any atom is -0.460 e. The summed E-state index contributed by atoms with van der Waals surface area (Å²) in [6, 6.07) is 10.2. The van der Waals surface area contributed by atoms with Crippen LogP contribution >= 0.6 is 0 Å². The molecule has 42 heavy (non-hydrogen) atoms. The number of nitrogens with zero attached hydrogens (tertiary/aromatic N) is 2. The maximum Gasteiger partial charge on any atom is 0.313 e. The highest BCUT2D eigenvalue weighted by Crippen LogP contribution is 2.75. The molecule has 5 nitrogen and oxygen atoms in total. The second-order valence-electron chi connectivity index (χ2n) is 16.9. The van der Waals surface area contributed by atoms with Crippen LogP contribution in [-0.4, -0.2) is 16.3 Å². The predicted octanol–water partition coefficient (Wildman–Crippen LogP) is 8.63. The SMILES string of the molecule is CC1(C)CC[C@]2(C(=O)OCc3ccccc3)CC[C@]3(C)C(=CC[C@@H]4[C@@]5(C)Cc6nonc6C(C)(C)[C@@H]5CC[C@]43C)[C@@H]2C1. The van der Waals surface area contributed by atoms with E-state index < -0.39 is 5.41 Å². The Bertz CT molecular complexity index is 1420. The van der Waals surface area contributed by atoms with Gasteiger partial charge in [0.1, 0.15) is 18.0 Å². The lowest BCUT2D eigenvalue weighted by Crippen LogP contribution is -2.64. The molecular formula is C37H50N2O3. The van der Waals surface area contributed by atoms with E-state index in [1.165, 1.54) is 12.8 Å². The first-order chi connectivity index (χ1) is 19.8. The Morgan fingerprint density at radius 1 is 0.929 bits per heavy atom. The van der Waals surface area contributed by atoms with Gasteiger partial charge in [-0.3, -0.25) is 4.79 Å². The van der Waals surface area contributed by atoms with Crippen molar-refractivity contribution in [3.8, 4) is 0 Å². The monoisotopic (exact) mass is 570 g/mol. The van der Waals surface area contributed by atoms with Gasteiger partial charge in [0.15, 0.2) is 0 Å². The molecule has 2 aromatic rings. The van der Waals surface area contributed by atoms with Crippen molar-refractivity contribution in [1.82, 2.24) is 10.3 Å². The Hall–Kier alpha value is -2.43. The van der Waals surface area contributed by atoms with Crippen LogP contribution in [0.4, 0.5) is 0 Å². The lowest BCUT2D eigenvalue weighted by molar-refractivity contribution is -0.182. The number of esters is 1. The summed E-state index contributed by atoms with van der Waals surface area (Å²) in [7, 11) is 0. The lowest BCUT2D eigenvalue weighted by Gasteiger charge is -2.70. The Labute approximate surface area is 252 Å². The van der Waals surface area contributed by atoms with Gasteiger partial charge >= 0.3 is 5.97 Å². The number of fused-ring (bicyclic) bond motifs is 8. The Balaban J connectivity index is 1.26. The maximum atomic E-state index is 14.2. The van der Waals surface area contributed by atoms with Crippen molar-refractivity contribution in [2.24, 2.45) is 44.8 Å². The molecule has 5 aliphatic rings. The fourth-order valence-corrected chi connectivity index (χ4v) is 11.6. The highest BCUT2D eigenvalue weighted by Gasteiger charge is 2.69. The minimum absolute atomic E-state index is 0.0397. The molecule has 226 valence electrons. The van der Waals surface area contributed by atoms with Crippen LogP contribution in [0.2, 0.25) is 0 Å². The molecule has 1 aromatic heterocycles. The first-order valence-corrected chi connectivity index (χ1v) is 16.5. The summed E-state index contributed by atoms with van der Waals surface area (Å²) in [5.41, 5.74) is 4.91. The van der Waals surface area contributed by atoms with Gasteiger partial charge < -0.3 is 4.74 Å². The van der Waals surface area contributed by atoms with E-state index in [-0.39, 0.29) is 39.0 Å². The average molecular weight is 571 g/mol. The largest absolute Gasteiger partial charge is 0.460 e. The molecule has 3 fully saturated rings. The summed E-state index contributed by atoms with van der Waals surface area (Å²) in [6.45, 7) is 17.7. The van der Waals surface area contributed by atoms with Crippen molar-refractivity contribution in [1.29, 1.82) is 0 Å². The highest BCUT2D eigenvalue weighted by atomic mass is 16.6. The van der Waals surface area contributed by atoms with E-state index in [2.05, 4.69) is 77.0 Å². The molecule has 1 aromatic carbocycles. The number of carbonyl (C=O) groups excluding carboxylic acids is 1. The molecule has 5 aliphatic carbocycles. The third-order valence-electron chi connectivity index (χ3n) is 14.1. The van der Waals surface area contributed by atoms with Crippen LogP contribution in [0.25, 0.3) is 0 Å². The predicted molar refractivity (Wildman–Crippen MR) is 163 cm³/mol. The number of carbonyl (C=O) groups is 1. The van der Waals surface area contributed by atoms with E-state index in [4.69, 9.17) is 9.37 Å². The minimum atomic E-state index is -0.409. The van der Waals surface area contributed by atoms with E-state index in [0.29, 0.717) is 18.4 Å². The van der Waals surface area contributed by atoms with Gasteiger partial charge in [0.05, 0.1) is 5.41 Å². The van der Waals surface area contributed by atoms with Crippen LogP contribution < -0.4 is 0 Å². The second-order valence-corrected chi connectivity index (χ2v) is 16.9. The van der Waals surface area contributed by atoms with Gasteiger partial charge in [-0.2, -0.15) is 0 Å². The van der Waals surface area contributed by atoms with Crippen LogP contribution in [0.5, 0.6) is 0 Å². The van der Waals surface area contributed by atoms with Crippen LogP contribution in [-0.2, 0) is 28.0 Å². The molecule has 0 amide bonds. The third-order valence-corrected chi connectivity index (χ3v) is 14.1. The van der Waals surface area contributed by atoms with Crippen LogP contribution in [0.3, 0.4) is 0 Å². The smallest absolute Gasteiger partial charge is 0.313 e. The number of hydrogen-bond acceptors (Lipinski definition) is 5. The van der Waals surface area contributed by atoms with Gasteiger partial charge in [-0.15, -0.1) is 0 Å². The van der Waals surface area contributed by atoms with E-state index in [0.717, 1.165) is 61.9 Å². The van der Waals surface area contributed by atoms with E-state index in [9.17, 15) is 4.79 Å². The van der Waals surface area contributed by atoms with Gasteiger partial charge in [-0.1, -0.05) is 101 Å². The van der Waals surface area contributed by atoms with Crippen LogP contribution in [0.1, 0.15) is 117 Å². The normalized spacial score (nSPS) is 41.2. The molecule has 5 heteroatoms. The molecule has 0 spiro atoms. The second kappa shape index (κ2) is 9.05. The van der Waals surface area contributed by atoms with Crippen LogP contribution in [0.15, 0.2) is 46.6 Å². The molecule has 3 saturated carbocycles. The topological polar surface area (TPSA) is 65.2 Å². The lowest BCUT2D eigenvalue weighted by atomic mass is 9.34. The van der Waals surface area contributed by atoms with E-state index in [1.54, 1.807) is 5.57 Å². The fraction of sp³-hybridized carbons (Fsp3) is 0.703. The van der Waals surface area contributed by atoms with Crippen molar-refractivity contribution < 1.29 is 14.2 Å². The summed E-state index contributed by atoms with van der Waals surface area (Å²) in [5.74, 6) is 1.39. The molecule has 0 unspecified atom stereocenters. The third kappa shape index (κ3) is 3.70. The van der Waals surface area contributed by atoms with E-state index >= 15 is 0 Å². The first kappa shape index (κ1) is 28.3. The molecule has 0 aliphatic heterocycles. The molecule has 0 bridgehead atoms. The number of aromatic nitrogens is 2. The van der Waals surface area contributed by atoms with Crippen molar-refractivity contribution in [2.45, 2.75) is 118 Å². The molecule has 0 radical (unpaired) electrons. The highest BCUT2D eigenvalue weighted by molar-refractivity contribution is 5.79. The number of allylic oxidation sites excluding steroid dienone is 2. The number of rotatable bonds is 3. The van der Waals surface area contributed by atoms with Gasteiger partial charge in [0, 0.05) is 11.8 Å². The van der Waals surface area contributed by atoms with Crippen molar-refractivity contribution in [3.63, 3.8) is 0 Å². The molecule has 1 heterocycles. The van der Waals surface area contributed by atoms with Gasteiger partial charge in [-0.05, 0) is 96.3 Å². The average Bonchev–Trinajstić information content (AvgIpc) is 3.41. The Morgan fingerprint density at radius 2 is 1.67 bits per heavy atom. The fourth-order valence-electron chi connectivity index (χ4n) is 11.6. The summed E-state index contributed by atoms with van der Waals surface area (Å²) >= 11 is 0. The zero-order valence-corrected chi connectivity index (χ0v) is 26.9. The maximum absolute atomic E-state index is 14.2. The molecule has 7 rings (SSSR count). The van der Waals surface area contributed by atoms with Crippen LogP contribution in [0, 0.1) is 44.8 Å². The summed E-state index contributed by atoms with van der Waals surface area (Å²) in [4.78, 5) is 14.2. The zero-order chi connectivity index (χ0) is 29.8. The number of benzene rings is 1. The van der Waals surface area contributed by atoms with Crippen molar-refractivity contribution >= 4 is 5.97 Å². The summed E-state index contributed by atoms with van der Waals surface area (Å²) in [5, 5.41) is 8.84. The summed E-state index contributed by atoms with van der Waals surface area (Å²) < 4.78 is 11.5. The number of hydrogen-bond donors (Lipinski definition) is 0. The molecule has 7 atom stereocenters. The van der Waals surface area contributed by atoms with Gasteiger partial charge in [0.25, 0.3) is 0 Å². The zero-order valence-electron chi connectivity index (χ0n) is 26.9. The molecule has 0 saturated heterocycles. The quantitative estimate of drug-likeness (QED) is 0.273. The van der Waals surface area contributed by atoms with Gasteiger partial charge in [-0.25, -0.2) is 4.63 Å². The summed E-state index contributed by atoms with van der Waals surface area (Å²) in [6.07, 6.45) is 12.2. The van der Waals surface area contributed by atoms with Gasteiger partial charge in [0.2, 0.25) is 0 Å². The Kier molecular flexibility index (Phi) is 6.11. The first-order valence-electron chi connectivity index (χ1n) is 16.5. The molecule has 0 N–H and O–H groups in total. The van der Waals surface area contributed by atoms with Crippen molar-refractivity contribution in [2.75, 3.05) is 0 Å². The standard InChI is InChI=1S/C37H50N2O3/c1-32(2)17-19-37(31(40)41-23-24-11-9-8-10-12-24)20-18-35(6)25(26(37)21-32)13-14-29-34(5)22-27-30(39-42-38-27)33(3,4)28(34)15-16-36(29,35)7/h8-13,26,28-29H,14-23H2,1-7H3/t26-,28-,29+,34-,35+,36+,37-/m0/s1. The molecular weight excluding hydrogens is 520 g/mol. The number of ether oxygens (including phenoxy) is 1. The van der Waals surface area contributed by atoms with Crippen molar-refractivity contribution in [3.05, 3.63) is 58.9 Å².